The molecule has 22 heavy (non-hydrogen) atoms. The van der Waals surface area contributed by atoms with Crippen molar-refractivity contribution in [3.05, 3.63) is 90.1 Å². The Hall–Kier alpha value is -3.21. The number of aromatic nitrogens is 1. The van der Waals surface area contributed by atoms with E-state index in [1.54, 1.807) is 30.6 Å². The SMILES string of the molecule is O=C(O/N=C(\c1ccccc1)c1ccncc1)c1ccco1. The van der Waals surface area contributed by atoms with Crippen molar-refractivity contribution >= 4 is 11.7 Å². The van der Waals surface area contributed by atoms with Crippen molar-refractivity contribution < 1.29 is 14.0 Å². The van der Waals surface area contributed by atoms with Crippen molar-refractivity contribution in [1.29, 1.82) is 0 Å². The Bertz CT molecular complexity index is 725. The standard InChI is InChI=1S/C17H12N2O3/c20-17(15-7-4-12-21-15)22-19-16(13-5-2-1-3-6-13)14-8-10-18-11-9-14/h1-12H/b19-16+. The minimum atomic E-state index is -0.646. The van der Waals surface area contributed by atoms with Crippen molar-refractivity contribution in [2.45, 2.75) is 0 Å². The molecule has 1 aromatic carbocycles. The number of oxime groups is 1. The first-order valence-electron chi connectivity index (χ1n) is 6.63. The largest absolute Gasteiger partial charge is 0.457 e. The van der Waals surface area contributed by atoms with Crippen LogP contribution in [-0.2, 0) is 4.84 Å². The van der Waals surface area contributed by atoms with Crippen LogP contribution in [0.3, 0.4) is 0 Å². The van der Waals surface area contributed by atoms with Crippen LogP contribution in [0.4, 0.5) is 0 Å². The highest BCUT2D eigenvalue weighted by atomic mass is 16.7. The molecule has 2 heterocycles. The Morgan fingerprint density at radius 2 is 1.68 bits per heavy atom. The maximum absolute atomic E-state index is 11.8. The molecule has 0 aliphatic carbocycles. The zero-order chi connectivity index (χ0) is 15.2. The van der Waals surface area contributed by atoms with Gasteiger partial charge in [0.15, 0.2) is 0 Å². The summed E-state index contributed by atoms with van der Waals surface area (Å²) in [6.45, 7) is 0. The van der Waals surface area contributed by atoms with Crippen molar-refractivity contribution in [1.82, 2.24) is 4.98 Å². The van der Waals surface area contributed by atoms with E-state index in [0.29, 0.717) is 5.71 Å². The summed E-state index contributed by atoms with van der Waals surface area (Å²) in [5, 5.41) is 4.00. The minimum absolute atomic E-state index is 0.103. The van der Waals surface area contributed by atoms with Crippen LogP contribution in [0.1, 0.15) is 21.7 Å². The van der Waals surface area contributed by atoms with Crippen LogP contribution in [-0.4, -0.2) is 16.7 Å². The Balaban J connectivity index is 1.92. The molecular weight excluding hydrogens is 280 g/mol. The van der Waals surface area contributed by atoms with E-state index in [9.17, 15) is 4.79 Å². The third kappa shape index (κ3) is 3.09. The molecule has 3 rings (SSSR count). The van der Waals surface area contributed by atoms with Crippen molar-refractivity contribution in [2.75, 3.05) is 0 Å². The molecule has 0 aliphatic rings. The quantitative estimate of drug-likeness (QED) is 0.420. The summed E-state index contributed by atoms with van der Waals surface area (Å²) >= 11 is 0. The zero-order valence-corrected chi connectivity index (χ0v) is 11.5. The van der Waals surface area contributed by atoms with Crippen LogP contribution in [0.5, 0.6) is 0 Å². The number of hydrogen-bond donors (Lipinski definition) is 0. The molecule has 3 aromatic rings. The minimum Gasteiger partial charge on any atom is -0.457 e. The second-order valence-corrected chi connectivity index (χ2v) is 4.40. The summed E-state index contributed by atoms with van der Waals surface area (Å²) in [5.41, 5.74) is 2.18. The number of rotatable bonds is 4. The molecule has 5 heteroatoms. The normalized spacial score (nSPS) is 11.2. The van der Waals surface area contributed by atoms with E-state index in [0.717, 1.165) is 11.1 Å². The number of carbonyl (C=O) groups is 1. The number of hydrogen-bond acceptors (Lipinski definition) is 5. The number of pyridine rings is 1. The van der Waals surface area contributed by atoms with E-state index in [1.807, 2.05) is 30.3 Å². The second kappa shape index (κ2) is 6.49. The van der Waals surface area contributed by atoms with E-state index in [1.165, 1.54) is 12.3 Å². The summed E-state index contributed by atoms with van der Waals surface area (Å²) in [7, 11) is 0. The Morgan fingerprint density at radius 3 is 2.36 bits per heavy atom. The van der Waals surface area contributed by atoms with Gasteiger partial charge in [0.05, 0.1) is 6.26 Å². The number of benzene rings is 1. The van der Waals surface area contributed by atoms with Gasteiger partial charge >= 0.3 is 5.97 Å². The maximum atomic E-state index is 11.8. The number of furan rings is 1. The molecule has 0 radical (unpaired) electrons. The number of carbonyl (C=O) groups excluding carboxylic acids is 1. The summed E-state index contributed by atoms with van der Waals surface area (Å²) in [6, 6.07) is 16.2. The van der Waals surface area contributed by atoms with Gasteiger partial charge in [-0.1, -0.05) is 35.5 Å². The molecule has 5 nitrogen and oxygen atoms in total. The highest BCUT2D eigenvalue weighted by Crippen LogP contribution is 2.11. The van der Waals surface area contributed by atoms with Gasteiger partial charge in [-0.05, 0) is 24.3 Å². The Morgan fingerprint density at radius 1 is 0.955 bits per heavy atom. The third-order valence-corrected chi connectivity index (χ3v) is 2.94. The average molecular weight is 292 g/mol. The van der Waals surface area contributed by atoms with Gasteiger partial charge in [-0.15, -0.1) is 0 Å². The summed E-state index contributed by atoms with van der Waals surface area (Å²) < 4.78 is 4.99. The van der Waals surface area contributed by atoms with Gasteiger partial charge in [0.1, 0.15) is 5.71 Å². The van der Waals surface area contributed by atoms with Gasteiger partial charge in [0, 0.05) is 23.5 Å². The molecule has 0 spiro atoms. The van der Waals surface area contributed by atoms with Gasteiger partial charge in [0.2, 0.25) is 5.76 Å². The van der Waals surface area contributed by atoms with E-state index in [2.05, 4.69) is 10.1 Å². The van der Waals surface area contributed by atoms with Crippen LogP contribution in [0.2, 0.25) is 0 Å². The molecular formula is C17H12N2O3. The molecule has 0 aliphatic heterocycles. The fourth-order valence-electron chi connectivity index (χ4n) is 1.90. The Kier molecular flexibility index (Phi) is 4.06. The second-order valence-electron chi connectivity index (χ2n) is 4.40. The van der Waals surface area contributed by atoms with E-state index >= 15 is 0 Å². The molecule has 0 atom stereocenters. The molecule has 0 fully saturated rings. The molecule has 2 aromatic heterocycles. The Labute approximate surface area is 126 Å². The van der Waals surface area contributed by atoms with Gasteiger partial charge in [-0.3, -0.25) is 4.98 Å². The highest BCUT2D eigenvalue weighted by Gasteiger charge is 2.13. The van der Waals surface area contributed by atoms with Crippen LogP contribution < -0.4 is 0 Å². The monoisotopic (exact) mass is 292 g/mol. The van der Waals surface area contributed by atoms with Gasteiger partial charge in [-0.2, -0.15) is 0 Å². The predicted octanol–water partition coefficient (Wildman–Crippen LogP) is 3.28. The van der Waals surface area contributed by atoms with E-state index in [-0.39, 0.29) is 5.76 Å². The van der Waals surface area contributed by atoms with Gasteiger partial charge in [-0.25, -0.2) is 4.79 Å². The first kappa shape index (κ1) is 13.8. The van der Waals surface area contributed by atoms with Gasteiger partial charge in [0.25, 0.3) is 0 Å². The van der Waals surface area contributed by atoms with Crippen LogP contribution in [0.15, 0.2) is 82.8 Å². The maximum Gasteiger partial charge on any atom is 0.400 e. The predicted molar refractivity (Wildman–Crippen MR) is 80.4 cm³/mol. The highest BCUT2D eigenvalue weighted by molar-refractivity contribution is 6.12. The van der Waals surface area contributed by atoms with Crippen LogP contribution in [0, 0.1) is 0 Å². The topological polar surface area (TPSA) is 64.7 Å². The zero-order valence-electron chi connectivity index (χ0n) is 11.5. The molecule has 0 bridgehead atoms. The fraction of sp³-hybridized carbons (Fsp3) is 0. The molecule has 0 saturated carbocycles. The van der Waals surface area contributed by atoms with E-state index < -0.39 is 5.97 Å². The molecule has 108 valence electrons. The molecule has 0 unspecified atom stereocenters. The fourth-order valence-corrected chi connectivity index (χ4v) is 1.90. The average Bonchev–Trinajstić information content (AvgIpc) is 3.11. The summed E-state index contributed by atoms with van der Waals surface area (Å²) in [5.74, 6) is -0.543. The molecule has 0 saturated heterocycles. The van der Waals surface area contributed by atoms with Crippen LogP contribution >= 0.6 is 0 Å². The summed E-state index contributed by atoms with van der Waals surface area (Å²) in [6.07, 6.45) is 4.71. The van der Waals surface area contributed by atoms with Crippen molar-refractivity contribution in [3.63, 3.8) is 0 Å². The lowest BCUT2D eigenvalue weighted by Gasteiger charge is -2.05. The first-order chi connectivity index (χ1) is 10.8. The third-order valence-electron chi connectivity index (χ3n) is 2.94. The van der Waals surface area contributed by atoms with Crippen LogP contribution in [0.25, 0.3) is 0 Å². The first-order valence-corrected chi connectivity index (χ1v) is 6.63. The van der Waals surface area contributed by atoms with Gasteiger partial charge < -0.3 is 9.25 Å². The lowest BCUT2D eigenvalue weighted by atomic mass is 10.0. The lowest BCUT2D eigenvalue weighted by Crippen LogP contribution is -2.07. The van der Waals surface area contributed by atoms with E-state index in [4.69, 9.17) is 9.25 Å². The molecule has 0 amide bonds. The molecule has 0 N–H and O–H groups in total. The lowest BCUT2D eigenvalue weighted by molar-refractivity contribution is 0.0480. The smallest absolute Gasteiger partial charge is 0.400 e. The van der Waals surface area contributed by atoms with Crippen molar-refractivity contribution in [3.8, 4) is 0 Å². The summed E-state index contributed by atoms with van der Waals surface area (Å²) in [4.78, 5) is 20.8. The van der Waals surface area contributed by atoms with Crippen molar-refractivity contribution in [2.24, 2.45) is 5.16 Å². The number of nitrogens with zero attached hydrogens (tertiary/aromatic N) is 2.